The van der Waals surface area contributed by atoms with Crippen LogP contribution in [0, 0.1) is 0 Å². The van der Waals surface area contributed by atoms with Gasteiger partial charge in [-0.3, -0.25) is 4.99 Å². The van der Waals surface area contributed by atoms with E-state index in [4.69, 9.17) is 14.2 Å². The zero-order valence-corrected chi connectivity index (χ0v) is 18.1. The van der Waals surface area contributed by atoms with Crippen LogP contribution in [0.4, 0.5) is 0 Å². The van der Waals surface area contributed by atoms with Gasteiger partial charge in [0.15, 0.2) is 17.5 Å². The van der Waals surface area contributed by atoms with Crippen LogP contribution in [0.3, 0.4) is 0 Å². The predicted octanol–water partition coefficient (Wildman–Crippen LogP) is 3.61. The van der Waals surface area contributed by atoms with Gasteiger partial charge >= 0.3 is 0 Å². The Balaban J connectivity index is 1.75. The minimum absolute atomic E-state index is 0.457. The van der Waals surface area contributed by atoms with Gasteiger partial charge in [-0.2, -0.15) is 0 Å². The number of nitrogens with zero attached hydrogens (tertiary/aromatic N) is 1. The van der Waals surface area contributed by atoms with E-state index in [1.54, 1.807) is 28.4 Å². The monoisotopic (exact) mass is 399 g/mol. The summed E-state index contributed by atoms with van der Waals surface area (Å²) in [6, 6.07) is 14.3. The van der Waals surface area contributed by atoms with E-state index < -0.39 is 0 Å². The number of nitrogens with one attached hydrogen (secondary N) is 2. The quantitative estimate of drug-likeness (QED) is 0.472. The molecule has 2 aromatic rings. The molecule has 0 fully saturated rings. The molecule has 158 valence electrons. The molecule has 1 atom stereocenters. The van der Waals surface area contributed by atoms with Crippen molar-refractivity contribution in [1.82, 2.24) is 10.6 Å². The minimum atomic E-state index is 0.457. The molecule has 0 aromatic heterocycles. The maximum Gasteiger partial charge on any atom is 0.190 e. The Morgan fingerprint density at radius 2 is 1.59 bits per heavy atom. The molecule has 0 aliphatic rings. The topological polar surface area (TPSA) is 64.1 Å². The highest BCUT2D eigenvalue weighted by molar-refractivity contribution is 5.79. The van der Waals surface area contributed by atoms with Gasteiger partial charge < -0.3 is 24.8 Å². The first-order chi connectivity index (χ1) is 14.1. The number of guanidine groups is 1. The maximum atomic E-state index is 5.36. The van der Waals surface area contributed by atoms with Crippen LogP contribution in [-0.2, 0) is 6.42 Å². The van der Waals surface area contributed by atoms with E-state index in [0.29, 0.717) is 5.92 Å². The lowest BCUT2D eigenvalue weighted by molar-refractivity contribution is 0.354. The molecule has 0 bridgehead atoms. The summed E-state index contributed by atoms with van der Waals surface area (Å²) >= 11 is 0. The summed E-state index contributed by atoms with van der Waals surface area (Å²) in [6.45, 7) is 3.86. The fourth-order valence-corrected chi connectivity index (χ4v) is 3.09. The Bertz CT molecular complexity index is 775. The number of hydrogen-bond acceptors (Lipinski definition) is 4. The van der Waals surface area contributed by atoms with Gasteiger partial charge in [0.1, 0.15) is 5.75 Å². The first-order valence-corrected chi connectivity index (χ1v) is 9.90. The van der Waals surface area contributed by atoms with Crippen molar-refractivity contribution in [1.29, 1.82) is 0 Å². The highest BCUT2D eigenvalue weighted by Gasteiger charge is 2.07. The zero-order valence-electron chi connectivity index (χ0n) is 18.1. The van der Waals surface area contributed by atoms with Gasteiger partial charge in [-0.15, -0.1) is 0 Å². The van der Waals surface area contributed by atoms with Crippen molar-refractivity contribution in [3.05, 3.63) is 53.6 Å². The van der Waals surface area contributed by atoms with E-state index in [1.165, 1.54) is 11.1 Å². The minimum Gasteiger partial charge on any atom is -0.497 e. The van der Waals surface area contributed by atoms with Crippen molar-refractivity contribution in [2.75, 3.05) is 41.5 Å². The molecule has 0 spiro atoms. The predicted molar refractivity (Wildman–Crippen MR) is 119 cm³/mol. The SMILES string of the molecule is CN=C(NCCc1ccc(OC)c(OC)c1)NCCC(C)c1ccc(OC)cc1. The summed E-state index contributed by atoms with van der Waals surface area (Å²) in [7, 11) is 6.77. The van der Waals surface area contributed by atoms with Crippen LogP contribution in [0.15, 0.2) is 47.5 Å². The largest absolute Gasteiger partial charge is 0.497 e. The third kappa shape index (κ3) is 6.89. The highest BCUT2D eigenvalue weighted by atomic mass is 16.5. The Morgan fingerprint density at radius 3 is 2.21 bits per heavy atom. The Hall–Kier alpha value is -2.89. The molecule has 0 aliphatic heterocycles. The second kappa shape index (κ2) is 11.8. The van der Waals surface area contributed by atoms with E-state index in [9.17, 15) is 0 Å². The molecule has 2 aromatic carbocycles. The van der Waals surface area contributed by atoms with Gasteiger partial charge in [-0.25, -0.2) is 0 Å². The smallest absolute Gasteiger partial charge is 0.190 e. The van der Waals surface area contributed by atoms with Crippen molar-refractivity contribution >= 4 is 5.96 Å². The van der Waals surface area contributed by atoms with Crippen LogP contribution in [0.5, 0.6) is 17.2 Å². The normalized spacial score (nSPS) is 12.2. The summed E-state index contributed by atoms with van der Waals surface area (Å²) in [5, 5.41) is 6.75. The first kappa shape index (κ1) is 22.4. The fourth-order valence-electron chi connectivity index (χ4n) is 3.09. The number of hydrogen-bond donors (Lipinski definition) is 2. The van der Waals surface area contributed by atoms with Crippen LogP contribution >= 0.6 is 0 Å². The number of ether oxygens (including phenoxy) is 3. The van der Waals surface area contributed by atoms with Crippen LogP contribution in [0.2, 0.25) is 0 Å². The number of aliphatic imine (C=N–C) groups is 1. The van der Waals surface area contributed by atoms with Gasteiger partial charge in [0.2, 0.25) is 0 Å². The highest BCUT2D eigenvalue weighted by Crippen LogP contribution is 2.27. The zero-order chi connectivity index (χ0) is 21.1. The van der Waals surface area contributed by atoms with E-state index >= 15 is 0 Å². The lowest BCUT2D eigenvalue weighted by Crippen LogP contribution is -2.39. The summed E-state index contributed by atoms with van der Waals surface area (Å²) in [6.07, 6.45) is 1.88. The van der Waals surface area contributed by atoms with Crippen molar-refractivity contribution < 1.29 is 14.2 Å². The summed E-state index contributed by atoms with van der Waals surface area (Å²) in [4.78, 5) is 4.31. The lowest BCUT2D eigenvalue weighted by Gasteiger charge is -2.16. The summed E-state index contributed by atoms with van der Waals surface area (Å²) < 4.78 is 15.9. The van der Waals surface area contributed by atoms with E-state index in [0.717, 1.165) is 49.1 Å². The summed E-state index contributed by atoms with van der Waals surface area (Å²) in [5.41, 5.74) is 2.49. The molecule has 2 rings (SSSR count). The van der Waals surface area contributed by atoms with Crippen molar-refractivity contribution in [3.8, 4) is 17.2 Å². The molecule has 0 saturated carbocycles. The third-order valence-corrected chi connectivity index (χ3v) is 4.93. The molecule has 0 amide bonds. The lowest BCUT2D eigenvalue weighted by atomic mass is 9.98. The van der Waals surface area contributed by atoms with Crippen LogP contribution in [-0.4, -0.2) is 47.4 Å². The molecule has 1 unspecified atom stereocenters. The van der Waals surface area contributed by atoms with Crippen molar-refractivity contribution in [2.45, 2.75) is 25.7 Å². The molecule has 6 nitrogen and oxygen atoms in total. The Morgan fingerprint density at radius 1 is 0.897 bits per heavy atom. The molecule has 0 heterocycles. The molecule has 6 heteroatoms. The molecule has 2 N–H and O–H groups in total. The number of benzene rings is 2. The van der Waals surface area contributed by atoms with Crippen LogP contribution < -0.4 is 24.8 Å². The average Bonchev–Trinajstić information content (AvgIpc) is 2.77. The van der Waals surface area contributed by atoms with Crippen molar-refractivity contribution in [2.24, 2.45) is 4.99 Å². The number of rotatable bonds is 10. The van der Waals surface area contributed by atoms with Gasteiger partial charge in [0.05, 0.1) is 21.3 Å². The molecule has 29 heavy (non-hydrogen) atoms. The molecule has 0 radical (unpaired) electrons. The second-order valence-electron chi connectivity index (χ2n) is 6.83. The fraction of sp³-hybridized carbons (Fsp3) is 0.435. The Kier molecular flexibility index (Phi) is 9.15. The first-order valence-electron chi connectivity index (χ1n) is 9.90. The van der Waals surface area contributed by atoms with Gasteiger partial charge in [-0.1, -0.05) is 25.1 Å². The molecular weight excluding hydrogens is 366 g/mol. The van der Waals surface area contributed by atoms with Crippen LogP contribution in [0.1, 0.15) is 30.4 Å². The van der Waals surface area contributed by atoms with Gasteiger partial charge in [-0.05, 0) is 54.2 Å². The standard InChI is InChI=1S/C23H33N3O3/c1-17(19-7-9-20(27-3)10-8-19)12-14-25-23(24-2)26-15-13-18-6-11-21(28-4)22(16-18)29-5/h6-11,16-17H,12-15H2,1-5H3,(H2,24,25,26). The molecular formula is C23H33N3O3. The van der Waals surface area contributed by atoms with Gasteiger partial charge in [0, 0.05) is 20.1 Å². The third-order valence-electron chi connectivity index (χ3n) is 4.93. The second-order valence-corrected chi connectivity index (χ2v) is 6.83. The maximum absolute atomic E-state index is 5.36. The van der Waals surface area contributed by atoms with Gasteiger partial charge in [0.25, 0.3) is 0 Å². The Labute approximate surface area is 174 Å². The molecule has 0 aliphatic carbocycles. The van der Waals surface area contributed by atoms with E-state index in [-0.39, 0.29) is 0 Å². The average molecular weight is 400 g/mol. The van der Waals surface area contributed by atoms with E-state index in [1.807, 2.05) is 24.3 Å². The molecule has 0 saturated heterocycles. The number of methoxy groups -OCH3 is 3. The van der Waals surface area contributed by atoms with Crippen LogP contribution in [0.25, 0.3) is 0 Å². The van der Waals surface area contributed by atoms with Crippen molar-refractivity contribution in [3.63, 3.8) is 0 Å². The summed E-state index contributed by atoms with van der Waals surface area (Å²) in [5.74, 6) is 3.65. The van der Waals surface area contributed by atoms with E-state index in [2.05, 4.69) is 40.7 Å².